The van der Waals surface area contributed by atoms with Gasteiger partial charge in [0.15, 0.2) is 6.10 Å². The number of aliphatic imine (C=N–C) groups is 1. The maximum Gasteiger partial charge on any atom is 0.425 e. The van der Waals surface area contributed by atoms with Crippen LogP contribution in [0.4, 0.5) is 22.0 Å². The summed E-state index contributed by atoms with van der Waals surface area (Å²) in [7, 11) is 0.815. The summed E-state index contributed by atoms with van der Waals surface area (Å²) in [5.74, 6) is -0.913. The third-order valence-electron chi connectivity index (χ3n) is 3.60. The summed E-state index contributed by atoms with van der Waals surface area (Å²) in [6.45, 7) is 5.65. The standard InChI is InChI=1S/C16H16F5N5O2/c1-9(15(17,18)19)28-13-6-5-11(7-23-13)12(22-3)8-26-10(2)24-25-14(26)16(20,21)27-4/h5-9H,3H2,1-2,4H3/b12-8-/t9-/m0/s1. The number of hydrogen-bond donors (Lipinski definition) is 0. The molecule has 0 radical (unpaired) electrons. The second-order valence-electron chi connectivity index (χ2n) is 5.52. The summed E-state index contributed by atoms with van der Waals surface area (Å²) in [6, 6.07) is 2.56. The molecule has 0 amide bonds. The normalized spacial score (nSPS) is 14.1. The van der Waals surface area contributed by atoms with Gasteiger partial charge in [-0.3, -0.25) is 9.56 Å². The fraction of sp³-hybridized carbons (Fsp3) is 0.375. The van der Waals surface area contributed by atoms with Gasteiger partial charge >= 0.3 is 12.3 Å². The highest BCUT2D eigenvalue weighted by Gasteiger charge is 2.39. The van der Waals surface area contributed by atoms with E-state index in [1.54, 1.807) is 0 Å². The molecule has 0 bridgehead atoms. The van der Waals surface area contributed by atoms with Gasteiger partial charge in [-0.05, 0) is 26.6 Å². The highest BCUT2D eigenvalue weighted by Crippen LogP contribution is 2.29. The summed E-state index contributed by atoms with van der Waals surface area (Å²) < 4.78 is 75.1. The van der Waals surface area contributed by atoms with E-state index >= 15 is 0 Å². The molecule has 2 rings (SSSR count). The van der Waals surface area contributed by atoms with E-state index in [4.69, 9.17) is 4.74 Å². The fourth-order valence-corrected chi connectivity index (χ4v) is 1.99. The molecule has 0 aliphatic carbocycles. The minimum absolute atomic E-state index is 0.0963. The number of aromatic nitrogens is 4. The molecule has 0 aliphatic rings. The molecule has 0 saturated heterocycles. The van der Waals surface area contributed by atoms with Crippen LogP contribution in [0.5, 0.6) is 5.88 Å². The minimum Gasteiger partial charge on any atom is -0.465 e. The molecular weight excluding hydrogens is 389 g/mol. The van der Waals surface area contributed by atoms with Gasteiger partial charge in [0.1, 0.15) is 5.82 Å². The number of methoxy groups -OCH3 is 1. The number of aryl methyl sites for hydroxylation is 1. The predicted octanol–water partition coefficient (Wildman–Crippen LogP) is 3.66. The quantitative estimate of drug-likeness (QED) is 0.519. The Morgan fingerprint density at radius 3 is 2.43 bits per heavy atom. The van der Waals surface area contributed by atoms with Gasteiger partial charge in [0.05, 0.1) is 5.70 Å². The molecule has 152 valence electrons. The zero-order valence-corrected chi connectivity index (χ0v) is 15.0. The van der Waals surface area contributed by atoms with Crippen LogP contribution in [-0.4, -0.2) is 45.9 Å². The van der Waals surface area contributed by atoms with Gasteiger partial charge in [0.2, 0.25) is 11.7 Å². The van der Waals surface area contributed by atoms with Crippen LogP contribution in [0, 0.1) is 6.92 Å². The van der Waals surface area contributed by atoms with Gasteiger partial charge in [-0.2, -0.15) is 22.0 Å². The van der Waals surface area contributed by atoms with E-state index in [1.807, 2.05) is 0 Å². The minimum atomic E-state index is -4.54. The Kier molecular flexibility index (Phi) is 6.12. The van der Waals surface area contributed by atoms with Gasteiger partial charge in [0, 0.05) is 31.1 Å². The van der Waals surface area contributed by atoms with Crippen molar-refractivity contribution >= 4 is 18.6 Å². The van der Waals surface area contributed by atoms with E-state index in [2.05, 4.69) is 31.6 Å². The predicted molar refractivity (Wildman–Crippen MR) is 89.8 cm³/mol. The zero-order chi connectivity index (χ0) is 21.1. The van der Waals surface area contributed by atoms with E-state index in [0.717, 1.165) is 18.6 Å². The Hall–Kier alpha value is -2.89. The number of alkyl halides is 5. The fourth-order valence-electron chi connectivity index (χ4n) is 1.99. The lowest BCUT2D eigenvalue weighted by atomic mass is 10.2. The number of nitrogens with zero attached hydrogens (tertiary/aromatic N) is 5. The van der Waals surface area contributed by atoms with Crippen molar-refractivity contribution in [1.82, 2.24) is 19.7 Å². The van der Waals surface area contributed by atoms with E-state index < -0.39 is 24.2 Å². The molecule has 0 saturated carbocycles. The lowest BCUT2D eigenvalue weighted by Crippen LogP contribution is -2.31. The average molecular weight is 405 g/mol. The van der Waals surface area contributed by atoms with Crippen LogP contribution in [0.25, 0.3) is 11.9 Å². The smallest absolute Gasteiger partial charge is 0.425 e. The van der Waals surface area contributed by atoms with Crippen molar-refractivity contribution < 1.29 is 31.4 Å². The maximum atomic E-state index is 13.8. The molecule has 0 aliphatic heterocycles. The van der Waals surface area contributed by atoms with Gasteiger partial charge in [0.25, 0.3) is 0 Å². The van der Waals surface area contributed by atoms with Crippen molar-refractivity contribution in [3.8, 4) is 5.88 Å². The number of rotatable bonds is 7. The zero-order valence-electron chi connectivity index (χ0n) is 15.0. The number of hydrogen-bond acceptors (Lipinski definition) is 6. The molecule has 0 fully saturated rings. The van der Waals surface area contributed by atoms with Crippen molar-refractivity contribution in [3.63, 3.8) is 0 Å². The molecule has 0 aromatic carbocycles. The first-order valence-corrected chi connectivity index (χ1v) is 7.73. The second-order valence-corrected chi connectivity index (χ2v) is 5.52. The first kappa shape index (κ1) is 21.4. The Bertz CT molecular complexity index is 861. The molecule has 28 heavy (non-hydrogen) atoms. The summed E-state index contributed by atoms with van der Waals surface area (Å²) in [6.07, 6.45) is -7.93. The van der Waals surface area contributed by atoms with E-state index in [9.17, 15) is 22.0 Å². The third kappa shape index (κ3) is 4.68. The first-order valence-electron chi connectivity index (χ1n) is 7.73. The SMILES string of the molecule is C=N/C(=C\n1c(C)nnc1C(F)(F)OC)c1ccc(O[C@@H](C)C(F)(F)F)nc1. The van der Waals surface area contributed by atoms with Crippen molar-refractivity contribution in [2.24, 2.45) is 4.99 Å². The highest BCUT2D eigenvalue weighted by atomic mass is 19.4. The van der Waals surface area contributed by atoms with Crippen LogP contribution in [0.15, 0.2) is 23.3 Å². The summed E-state index contributed by atoms with van der Waals surface area (Å²) in [5, 5.41) is 6.98. The lowest BCUT2D eigenvalue weighted by molar-refractivity contribution is -0.238. The summed E-state index contributed by atoms with van der Waals surface area (Å²) in [5.41, 5.74) is 0.390. The van der Waals surface area contributed by atoms with E-state index in [1.165, 1.54) is 31.5 Å². The van der Waals surface area contributed by atoms with E-state index in [0.29, 0.717) is 5.56 Å². The average Bonchev–Trinajstić information content (AvgIpc) is 3.01. The van der Waals surface area contributed by atoms with Gasteiger partial charge in [-0.1, -0.05) is 0 Å². The van der Waals surface area contributed by atoms with E-state index in [-0.39, 0.29) is 17.4 Å². The molecule has 0 N–H and O–H groups in total. The van der Waals surface area contributed by atoms with Crippen LogP contribution in [-0.2, 0) is 10.8 Å². The molecule has 12 heteroatoms. The van der Waals surface area contributed by atoms with Crippen molar-refractivity contribution in [2.75, 3.05) is 7.11 Å². The maximum absolute atomic E-state index is 13.8. The molecule has 2 aromatic heterocycles. The van der Waals surface area contributed by atoms with Crippen LogP contribution in [0.2, 0.25) is 0 Å². The van der Waals surface area contributed by atoms with Gasteiger partial charge in [-0.15, -0.1) is 10.2 Å². The topological polar surface area (TPSA) is 74.4 Å². The van der Waals surface area contributed by atoms with Crippen LogP contribution < -0.4 is 4.74 Å². The van der Waals surface area contributed by atoms with Gasteiger partial charge < -0.3 is 9.47 Å². The number of ether oxygens (including phenoxy) is 2. The molecular formula is C16H16F5N5O2. The van der Waals surface area contributed by atoms with Crippen molar-refractivity contribution in [2.45, 2.75) is 32.2 Å². The van der Waals surface area contributed by atoms with Gasteiger partial charge in [-0.25, -0.2) is 4.98 Å². The molecule has 7 nitrogen and oxygen atoms in total. The molecule has 0 spiro atoms. The molecule has 2 heterocycles. The Morgan fingerprint density at radius 1 is 1.25 bits per heavy atom. The number of halogens is 5. The van der Waals surface area contributed by atoms with Crippen molar-refractivity contribution in [3.05, 3.63) is 35.5 Å². The highest BCUT2D eigenvalue weighted by molar-refractivity contribution is 5.76. The molecule has 2 aromatic rings. The lowest BCUT2D eigenvalue weighted by Gasteiger charge is -2.17. The third-order valence-corrected chi connectivity index (χ3v) is 3.60. The summed E-state index contributed by atoms with van der Waals surface area (Å²) in [4.78, 5) is 7.52. The molecule has 1 atom stereocenters. The summed E-state index contributed by atoms with van der Waals surface area (Å²) >= 11 is 0. The van der Waals surface area contributed by atoms with Crippen molar-refractivity contribution in [1.29, 1.82) is 0 Å². The monoisotopic (exact) mass is 405 g/mol. The first-order chi connectivity index (χ1) is 13.0. The largest absolute Gasteiger partial charge is 0.465 e. The Morgan fingerprint density at radius 2 is 1.93 bits per heavy atom. The van der Waals surface area contributed by atoms with Crippen LogP contribution >= 0.6 is 0 Å². The molecule has 0 unspecified atom stereocenters. The Balaban J connectivity index is 2.34. The second kappa shape index (κ2) is 8.00. The number of pyridine rings is 1. The Labute approximate surface area is 156 Å². The van der Waals surface area contributed by atoms with Crippen LogP contribution in [0.3, 0.4) is 0 Å². The van der Waals surface area contributed by atoms with Crippen LogP contribution in [0.1, 0.15) is 24.1 Å².